The molecule has 0 fully saturated rings. The van der Waals surface area contributed by atoms with E-state index in [2.05, 4.69) is 0 Å². The van der Waals surface area contributed by atoms with Crippen LogP contribution in [-0.2, 0) is 16.6 Å². The molecule has 2 rings (SSSR count). The Morgan fingerprint density at radius 2 is 1.90 bits per heavy atom. The summed E-state index contributed by atoms with van der Waals surface area (Å²) in [5, 5.41) is 0. The first-order valence-corrected chi connectivity index (χ1v) is 7.81. The first-order chi connectivity index (χ1) is 9.79. The van der Waals surface area contributed by atoms with Crippen LogP contribution in [0.5, 0.6) is 0 Å². The number of halogens is 1. The molecule has 112 valence electrons. The highest BCUT2D eigenvalue weighted by atomic mass is 32.2. The summed E-state index contributed by atoms with van der Waals surface area (Å²) >= 11 is 0. The van der Waals surface area contributed by atoms with E-state index in [0.717, 1.165) is 5.56 Å². The van der Waals surface area contributed by atoms with Gasteiger partial charge in [-0.15, -0.1) is 0 Å². The van der Waals surface area contributed by atoms with Crippen LogP contribution in [0.1, 0.15) is 11.1 Å². The number of aryl methyl sites for hydroxylation is 1. The zero-order valence-corrected chi connectivity index (χ0v) is 12.7. The molecule has 6 heteroatoms. The molecule has 21 heavy (non-hydrogen) atoms. The molecule has 0 aliphatic carbocycles. The molecule has 0 radical (unpaired) electrons. The summed E-state index contributed by atoms with van der Waals surface area (Å²) in [4.78, 5) is 0.138. The van der Waals surface area contributed by atoms with E-state index in [1.165, 1.54) is 29.6 Å². The standard InChI is InChI=1S/C15H17FN2O2S/c1-11-6-14(17)9-15(7-11)21(19,20)18(2)10-12-4-3-5-13(16)8-12/h3-9H,10,17H2,1-2H3. The van der Waals surface area contributed by atoms with E-state index < -0.39 is 15.8 Å². The van der Waals surface area contributed by atoms with Gasteiger partial charge >= 0.3 is 0 Å². The third-order valence-electron chi connectivity index (χ3n) is 3.08. The fourth-order valence-corrected chi connectivity index (χ4v) is 3.38. The molecule has 0 amide bonds. The predicted octanol–water partition coefficient (Wildman–Crippen LogP) is 2.54. The van der Waals surface area contributed by atoms with Crippen LogP contribution in [0.4, 0.5) is 10.1 Å². The first-order valence-electron chi connectivity index (χ1n) is 6.37. The maximum atomic E-state index is 13.2. The molecular weight excluding hydrogens is 291 g/mol. The largest absolute Gasteiger partial charge is 0.399 e. The number of benzene rings is 2. The van der Waals surface area contributed by atoms with Gasteiger partial charge in [0.25, 0.3) is 0 Å². The molecule has 0 heterocycles. The molecule has 0 spiro atoms. The average molecular weight is 308 g/mol. The van der Waals surface area contributed by atoms with Crippen molar-refractivity contribution in [3.63, 3.8) is 0 Å². The lowest BCUT2D eigenvalue weighted by Gasteiger charge is -2.18. The fraction of sp³-hybridized carbons (Fsp3) is 0.200. The van der Waals surface area contributed by atoms with Crippen molar-refractivity contribution in [3.05, 3.63) is 59.4 Å². The summed E-state index contributed by atoms with van der Waals surface area (Å²) in [6, 6.07) is 10.6. The lowest BCUT2D eigenvalue weighted by Crippen LogP contribution is -2.26. The van der Waals surface area contributed by atoms with Crippen molar-refractivity contribution in [2.24, 2.45) is 0 Å². The van der Waals surface area contributed by atoms with Gasteiger partial charge in [0, 0.05) is 19.3 Å². The second-order valence-electron chi connectivity index (χ2n) is 4.97. The molecule has 0 atom stereocenters. The second kappa shape index (κ2) is 5.83. The van der Waals surface area contributed by atoms with Crippen molar-refractivity contribution in [1.29, 1.82) is 0 Å². The Morgan fingerprint density at radius 3 is 2.52 bits per heavy atom. The maximum Gasteiger partial charge on any atom is 0.243 e. The van der Waals surface area contributed by atoms with Crippen LogP contribution in [0.15, 0.2) is 47.4 Å². The van der Waals surface area contributed by atoms with Crippen molar-refractivity contribution < 1.29 is 12.8 Å². The normalized spacial score (nSPS) is 11.8. The number of nitrogens with two attached hydrogens (primary N) is 1. The molecule has 0 saturated carbocycles. The van der Waals surface area contributed by atoms with Crippen LogP contribution >= 0.6 is 0 Å². The maximum absolute atomic E-state index is 13.2. The van der Waals surface area contributed by atoms with Gasteiger partial charge in [0.05, 0.1) is 4.90 Å². The van der Waals surface area contributed by atoms with Gasteiger partial charge in [-0.05, 0) is 48.4 Å². The predicted molar refractivity (Wildman–Crippen MR) is 80.6 cm³/mol. The van der Waals surface area contributed by atoms with E-state index in [-0.39, 0.29) is 11.4 Å². The minimum Gasteiger partial charge on any atom is -0.399 e. The van der Waals surface area contributed by atoms with Crippen LogP contribution < -0.4 is 5.73 Å². The lowest BCUT2D eigenvalue weighted by atomic mass is 10.2. The Bertz CT molecular complexity index is 740. The monoisotopic (exact) mass is 308 g/mol. The molecule has 0 bridgehead atoms. The third-order valence-corrected chi connectivity index (χ3v) is 4.86. The number of rotatable bonds is 4. The minimum absolute atomic E-state index is 0.0912. The van der Waals surface area contributed by atoms with Crippen molar-refractivity contribution in [2.75, 3.05) is 12.8 Å². The van der Waals surface area contributed by atoms with E-state index in [0.29, 0.717) is 11.3 Å². The molecule has 2 aromatic rings. The summed E-state index contributed by atoms with van der Waals surface area (Å²) in [6.07, 6.45) is 0. The summed E-state index contributed by atoms with van der Waals surface area (Å²) in [5.74, 6) is -0.391. The van der Waals surface area contributed by atoms with Gasteiger partial charge in [0.2, 0.25) is 10.0 Å². The Morgan fingerprint density at radius 1 is 1.19 bits per heavy atom. The Labute approximate surface area is 124 Å². The SMILES string of the molecule is Cc1cc(N)cc(S(=O)(=O)N(C)Cc2cccc(F)c2)c1. The van der Waals surface area contributed by atoms with Crippen LogP contribution in [-0.4, -0.2) is 19.8 Å². The van der Waals surface area contributed by atoms with Crippen LogP contribution in [0, 0.1) is 12.7 Å². The van der Waals surface area contributed by atoms with Gasteiger partial charge in [0.15, 0.2) is 0 Å². The fourth-order valence-electron chi connectivity index (χ4n) is 2.08. The number of hydrogen-bond donors (Lipinski definition) is 1. The highest BCUT2D eigenvalue weighted by molar-refractivity contribution is 7.89. The van der Waals surface area contributed by atoms with Gasteiger partial charge in [-0.3, -0.25) is 0 Å². The molecule has 0 saturated heterocycles. The Hall–Kier alpha value is -1.92. The quantitative estimate of drug-likeness (QED) is 0.883. The molecule has 0 aliphatic rings. The topological polar surface area (TPSA) is 63.4 Å². The molecular formula is C15H17FN2O2S. The lowest BCUT2D eigenvalue weighted by molar-refractivity contribution is 0.465. The number of nitrogen functional groups attached to an aromatic ring is 1. The average Bonchev–Trinajstić information content (AvgIpc) is 2.37. The molecule has 2 aromatic carbocycles. The van der Waals surface area contributed by atoms with E-state index in [9.17, 15) is 12.8 Å². The smallest absolute Gasteiger partial charge is 0.243 e. The van der Waals surface area contributed by atoms with Gasteiger partial charge in [-0.1, -0.05) is 12.1 Å². The van der Waals surface area contributed by atoms with Crippen LogP contribution in [0.2, 0.25) is 0 Å². The molecule has 0 unspecified atom stereocenters. The second-order valence-corrected chi connectivity index (χ2v) is 7.02. The van der Waals surface area contributed by atoms with Crippen LogP contribution in [0.3, 0.4) is 0 Å². The number of nitrogens with zero attached hydrogens (tertiary/aromatic N) is 1. The first kappa shape index (κ1) is 15.5. The zero-order chi connectivity index (χ0) is 15.6. The highest BCUT2D eigenvalue weighted by Crippen LogP contribution is 2.21. The van der Waals surface area contributed by atoms with Crippen molar-refractivity contribution in [1.82, 2.24) is 4.31 Å². The molecule has 4 nitrogen and oxygen atoms in total. The number of sulfonamides is 1. The minimum atomic E-state index is -3.66. The van der Waals surface area contributed by atoms with Crippen molar-refractivity contribution in [3.8, 4) is 0 Å². The highest BCUT2D eigenvalue weighted by Gasteiger charge is 2.21. The van der Waals surface area contributed by atoms with Gasteiger partial charge in [-0.2, -0.15) is 4.31 Å². The van der Waals surface area contributed by atoms with E-state index in [1.54, 1.807) is 31.2 Å². The molecule has 2 N–H and O–H groups in total. The summed E-state index contributed by atoms with van der Waals surface area (Å²) < 4.78 is 39.3. The van der Waals surface area contributed by atoms with E-state index >= 15 is 0 Å². The Balaban J connectivity index is 2.30. The summed E-state index contributed by atoms with van der Waals surface area (Å²) in [7, 11) is -2.21. The van der Waals surface area contributed by atoms with Gasteiger partial charge in [0.1, 0.15) is 5.82 Å². The molecule has 0 aliphatic heterocycles. The summed E-state index contributed by atoms with van der Waals surface area (Å²) in [6.45, 7) is 1.87. The number of hydrogen-bond acceptors (Lipinski definition) is 3. The third kappa shape index (κ3) is 3.59. The summed E-state index contributed by atoms with van der Waals surface area (Å²) in [5.41, 5.74) is 7.45. The van der Waals surface area contributed by atoms with E-state index in [4.69, 9.17) is 5.73 Å². The van der Waals surface area contributed by atoms with Crippen molar-refractivity contribution in [2.45, 2.75) is 18.4 Å². The van der Waals surface area contributed by atoms with Crippen LogP contribution in [0.25, 0.3) is 0 Å². The zero-order valence-electron chi connectivity index (χ0n) is 11.9. The Kier molecular flexibility index (Phi) is 4.29. The van der Waals surface area contributed by atoms with Gasteiger partial charge in [-0.25, -0.2) is 12.8 Å². The molecule has 0 aromatic heterocycles. The number of anilines is 1. The van der Waals surface area contributed by atoms with E-state index in [1.807, 2.05) is 0 Å². The van der Waals surface area contributed by atoms with Gasteiger partial charge < -0.3 is 5.73 Å². The van der Waals surface area contributed by atoms with Crippen molar-refractivity contribution >= 4 is 15.7 Å².